The number of halogens is 1. The second kappa shape index (κ2) is 6.43. The minimum Gasteiger partial charge on any atom is -0.480 e. The van der Waals surface area contributed by atoms with Crippen LogP contribution in [0.3, 0.4) is 0 Å². The molecule has 1 rings (SSSR count). The highest BCUT2D eigenvalue weighted by Gasteiger charge is 2.25. The third kappa shape index (κ3) is 4.13. The van der Waals surface area contributed by atoms with Crippen LogP contribution in [-0.4, -0.2) is 48.6 Å². The predicted octanol–water partition coefficient (Wildman–Crippen LogP) is 1.71. The Morgan fingerprint density at radius 1 is 1.37 bits per heavy atom. The molecule has 0 aromatic heterocycles. The van der Waals surface area contributed by atoms with Crippen LogP contribution >= 0.6 is 11.6 Å². The van der Waals surface area contributed by atoms with Crippen LogP contribution in [0, 0.1) is 0 Å². The van der Waals surface area contributed by atoms with E-state index in [0.29, 0.717) is 10.7 Å². The Morgan fingerprint density at radius 3 is 2.47 bits per heavy atom. The number of hydrogen-bond donors (Lipinski definition) is 1. The van der Waals surface area contributed by atoms with Crippen LogP contribution in [0.25, 0.3) is 0 Å². The minimum absolute atomic E-state index is 0.166. The van der Waals surface area contributed by atoms with Crippen molar-refractivity contribution >= 4 is 29.2 Å². The molecule has 19 heavy (non-hydrogen) atoms. The van der Waals surface area contributed by atoms with Gasteiger partial charge >= 0.3 is 5.97 Å². The average molecular weight is 285 g/mol. The zero-order valence-electron chi connectivity index (χ0n) is 11.1. The Hall–Kier alpha value is -1.75. The van der Waals surface area contributed by atoms with Gasteiger partial charge in [-0.2, -0.15) is 0 Å². The number of nitrogens with zero attached hydrogens (tertiary/aromatic N) is 2. The van der Waals surface area contributed by atoms with Crippen molar-refractivity contribution in [1.82, 2.24) is 4.90 Å². The lowest BCUT2D eigenvalue weighted by molar-refractivity contribution is -0.135. The number of carboxylic acid groups (broad SMARTS) is 1. The molecule has 5 nitrogen and oxygen atoms in total. The summed E-state index contributed by atoms with van der Waals surface area (Å²) in [5, 5.41) is 9.48. The molecule has 6 heteroatoms. The van der Waals surface area contributed by atoms with Crippen molar-refractivity contribution in [2.45, 2.75) is 13.0 Å². The van der Waals surface area contributed by atoms with Crippen molar-refractivity contribution in [2.75, 3.05) is 25.5 Å². The third-order valence-corrected chi connectivity index (χ3v) is 2.95. The summed E-state index contributed by atoms with van der Waals surface area (Å²) in [6.45, 7) is 1.41. The fourth-order valence-electron chi connectivity index (χ4n) is 1.76. The van der Waals surface area contributed by atoms with Gasteiger partial charge in [0.2, 0.25) is 5.91 Å². The van der Waals surface area contributed by atoms with Crippen molar-refractivity contribution in [3.8, 4) is 0 Å². The molecule has 0 saturated heterocycles. The molecule has 1 aromatic carbocycles. The zero-order valence-corrected chi connectivity index (χ0v) is 11.9. The van der Waals surface area contributed by atoms with Gasteiger partial charge in [0.1, 0.15) is 12.6 Å². The van der Waals surface area contributed by atoms with E-state index in [1.165, 1.54) is 9.80 Å². The van der Waals surface area contributed by atoms with Gasteiger partial charge in [0.25, 0.3) is 0 Å². The Balaban J connectivity index is 3.07. The van der Waals surface area contributed by atoms with Crippen molar-refractivity contribution < 1.29 is 14.7 Å². The van der Waals surface area contributed by atoms with Gasteiger partial charge in [-0.25, -0.2) is 0 Å². The van der Waals surface area contributed by atoms with Gasteiger partial charge in [-0.05, 0) is 25.1 Å². The fraction of sp³-hybridized carbons (Fsp3) is 0.385. The lowest BCUT2D eigenvalue weighted by atomic mass is 10.2. The highest BCUT2D eigenvalue weighted by atomic mass is 35.5. The number of amides is 1. The molecule has 0 spiro atoms. The Kier molecular flexibility index (Phi) is 5.18. The molecular formula is C13H17ClN2O3. The van der Waals surface area contributed by atoms with Crippen LogP contribution in [0.1, 0.15) is 6.92 Å². The topological polar surface area (TPSA) is 60.9 Å². The molecule has 104 valence electrons. The molecule has 0 aliphatic carbocycles. The Bertz CT molecular complexity index is 477. The van der Waals surface area contributed by atoms with Crippen LogP contribution in [0.4, 0.5) is 5.69 Å². The van der Waals surface area contributed by atoms with Crippen molar-refractivity contribution in [1.29, 1.82) is 0 Å². The summed E-state index contributed by atoms with van der Waals surface area (Å²) in [4.78, 5) is 25.9. The largest absolute Gasteiger partial charge is 0.480 e. The lowest BCUT2D eigenvalue weighted by Gasteiger charge is -2.30. The summed E-state index contributed by atoms with van der Waals surface area (Å²) < 4.78 is 0. The van der Waals surface area contributed by atoms with Crippen molar-refractivity contribution in [2.24, 2.45) is 0 Å². The van der Waals surface area contributed by atoms with Gasteiger partial charge < -0.3 is 14.9 Å². The van der Waals surface area contributed by atoms with Gasteiger partial charge in [-0.15, -0.1) is 0 Å². The molecule has 0 heterocycles. The molecule has 0 saturated carbocycles. The summed E-state index contributed by atoms with van der Waals surface area (Å²) in [5.74, 6) is -1.17. The third-order valence-electron chi connectivity index (χ3n) is 2.71. The van der Waals surface area contributed by atoms with Gasteiger partial charge in [0, 0.05) is 24.8 Å². The highest BCUT2D eigenvalue weighted by Crippen LogP contribution is 2.21. The van der Waals surface area contributed by atoms with Crippen LogP contribution in [0.15, 0.2) is 24.3 Å². The van der Waals surface area contributed by atoms with Gasteiger partial charge in [-0.1, -0.05) is 17.7 Å². The first-order valence-electron chi connectivity index (χ1n) is 5.78. The van der Waals surface area contributed by atoms with E-state index in [2.05, 4.69) is 0 Å². The van der Waals surface area contributed by atoms with E-state index >= 15 is 0 Å². The Labute approximate surface area is 117 Å². The van der Waals surface area contributed by atoms with Crippen molar-refractivity contribution in [3.05, 3.63) is 29.3 Å². The van der Waals surface area contributed by atoms with E-state index < -0.39 is 12.0 Å². The zero-order chi connectivity index (χ0) is 14.6. The average Bonchev–Trinajstić information content (AvgIpc) is 2.33. The molecular weight excluding hydrogens is 268 g/mol. The van der Waals surface area contributed by atoms with Crippen LogP contribution in [-0.2, 0) is 9.59 Å². The quantitative estimate of drug-likeness (QED) is 0.894. The van der Waals surface area contributed by atoms with E-state index in [-0.39, 0.29) is 12.5 Å². The second-order valence-electron chi connectivity index (χ2n) is 4.41. The number of carbonyl (C=O) groups is 2. The molecule has 1 aromatic rings. The second-order valence-corrected chi connectivity index (χ2v) is 4.85. The van der Waals surface area contributed by atoms with Crippen LogP contribution in [0.2, 0.25) is 5.02 Å². The first-order chi connectivity index (χ1) is 8.82. The number of aliphatic carboxylic acids is 1. The number of hydrogen-bond acceptors (Lipinski definition) is 3. The SMILES string of the molecule is CC(C(=O)N(C)C)N(CC(=O)O)c1cccc(Cl)c1. The molecule has 1 amide bonds. The maximum absolute atomic E-state index is 12.0. The van der Waals surface area contributed by atoms with E-state index in [0.717, 1.165) is 0 Å². The molecule has 1 N–H and O–H groups in total. The van der Waals surface area contributed by atoms with E-state index in [1.807, 2.05) is 0 Å². The normalized spacial score (nSPS) is 11.8. The molecule has 0 radical (unpaired) electrons. The number of carbonyl (C=O) groups excluding carboxylic acids is 1. The van der Waals surface area contributed by atoms with Gasteiger partial charge in [0.05, 0.1) is 0 Å². The number of benzene rings is 1. The van der Waals surface area contributed by atoms with Gasteiger partial charge in [-0.3, -0.25) is 9.59 Å². The first-order valence-corrected chi connectivity index (χ1v) is 6.16. The highest BCUT2D eigenvalue weighted by molar-refractivity contribution is 6.30. The molecule has 1 unspecified atom stereocenters. The van der Waals surface area contributed by atoms with Crippen molar-refractivity contribution in [3.63, 3.8) is 0 Å². The smallest absolute Gasteiger partial charge is 0.323 e. The number of rotatable bonds is 5. The predicted molar refractivity (Wildman–Crippen MR) is 74.6 cm³/mol. The van der Waals surface area contributed by atoms with Gasteiger partial charge in [0.15, 0.2) is 0 Å². The summed E-state index contributed by atoms with van der Waals surface area (Å²) in [7, 11) is 3.27. The van der Waals surface area contributed by atoms with E-state index in [4.69, 9.17) is 16.7 Å². The maximum Gasteiger partial charge on any atom is 0.323 e. The Morgan fingerprint density at radius 2 is 2.00 bits per heavy atom. The van der Waals surface area contributed by atoms with E-state index in [1.54, 1.807) is 45.3 Å². The number of anilines is 1. The molecule has 0 bridgehead atoms. The summed E-state index contributed by atoms with van der Waals surface area (Å²) in [6, 6.07) is 6.21. The molecule has 0 aliphatic heterocycles. The summed E-state index contributed by atoms with van der Waals surface area (Å²) >= 11 is 5.90. The minimum atomic E-state index is -1.00. The molecule has 0 aliphatic rings. The number of carboxylic acids is 1. The fourth-order valence-corrected chi connectivity index (χ4v) is 1.94. The number of likely N-dealkylation sites (N-methyl/N-ethyl adjacent to an activating group) is 1. The monoisotopic (exact) mass is 284 g/mol. The molecule has 1 atom stereocenters. The van der Waals surface area contributed by atoms with E-state index in [9.17, 15) is 9.59 Å². The maximum atomic E-state index is 12.0. The molecule has 0 fully saturated rings. The lowest BCUT2D eigenvalue weighted by Crippen LogP contribution is -2.47. The first kappa shape index (κ1) is 15.3. The summed E-state index contributed by atoms with van der Waals surface area (Å²) in [6.07, 6.45) is 0. The van der Waals surface area contributed by atoms with Crippen LogP contribution in [0.5, 0.6) is 0 Å². The summed E-state index contributed by atoms with van der Waals surface area (Å²) in [5.41, 5.74) is 0.609. The standard InChI is InChI=1S/C13H17ClN2O3/c1-9(13(19)15(2)3)16(8-12(17)18)11-6-4-5-10(14)7-11/h4-7,9H,8H2,1-3H3,(H,17,18). The van der Waals surface area contributed by atoms with Crippen LogP contribution < -0.4 is 4.90 Å².